The minimum Gasteiger partial charge on any atom is -0.481 e. The fourth-order valence-corrected chi connectivity index (χ4v) is 1.78. The molecule has 0 fully saturated rings. The molecule has 100 valence electrons. The molecular formula is C14H12F2O3. The molecule has 0 saturated carbocycles. The summed E-state index contributed by atoms with van der Waals surface area (Å²) in [6.45, 7) is 1.72. The summed E-state index contributed by atoms with van der Waals surface area (Å²) < 4.78 is 31.4. The highest BCUT2D eigenvalue weighted by Crippen LogP contribution is 2.28. The number of halogens is 2. The molecule has 0 aliphatic rings. The molecule has 1 aromatic heterocycles. The lowest BCUT2D eigenvalue weighted by molar-refractivity contribution is -0.137. The molecule has 0 spiro atoms. The lowest BCUT2D eigenvalue weighted by Crippen LogP contribution is -2.01. The smallest absolute Gasteiger partial charge is 0.304 e. The Kier molecular flexibility index (Phi) is 3.64. The predicted octanol–water partition coefficient (Wildman–Crippen LogP) is 3.80. The van der Waals surface area contributed by atoms with E-state index in [0.717, 1.165) is 12.1 Å². The number of rotatable bonds is 4. The SMILES string of the molecule is CC(CC(=O)O)c1ccc(-c2ccc(F)c(F)c2)o1. The van der Waals surface area contributed by atoms with Gasteiger partial charge in [-0.3, -0.25) is 4.79 Å². The average Bonchev–Trinajstić information content (AvgIpc) is 2.81. The van der Waals surface area contributed by atoms with Crippen LogP contribution in [0.3, 0.4) is 0 Å². The average molecular weight is 266 g/mol. The van der Waals surface area contributed by atoms with Gasteiger partial charge in [-0.05, 0) is 30.3 Å². The van der Waals surface area contributed by atoms with Gasteiger partial charge in [0, 0.05) is 11.5 Å². The molecule has 1 heterocycles. The minimum absolute atomic E-state index is 0.0509. The molecule has 5 heteroatoms. The summed E-state index contributed by atoms with van der Waals surface area (Å²) in [5, 5.41) is 8.70. The molecule has 0 radical (unpaired) electrons. The van der Waals surface area contributed by atoms with Crippen molar-refractivity contribution in [1.29, 1.82) is 0 Å². The zero-order valence-corrected chi connectivity index (χ0v) is 10.2. The van der Waals surface area contributed by atoms with Crippen LogP contribution in [0.2, 0.25) is 0 Å². The first-order chi connectivity index (χ1) is 8.97. The van der Waals surface area contributed by atoms with E-state index in [-0.39, 0.29) is 12.3 Å². The Morgan fingerprint density at radius 3 is 2.63 bits per heavy atom. The standard InChI is InChI=1S/C14H12F2O3/c1-8(6-14(17)18)12-4-5-13(19-12)9-2-3-10(15)11(16)7-9/h2-5,7-8H,6H2,1H3,(H,17,18). The maximum absolute atomic E-state index is 13.1. The second-order valence-electron chi connectivity index (χ2n) is 4.33. The van der Waals surface area contributed by atoms with Gasteiger partial charge in [-0.15, -0.1) is 0 Å². The fourth-order valence-electron chi connectivity index (χ4n) is 1.78. The molecule has 2 aromatic rings. The van der Waals surface area contributed by atoms with Crippen molar-refractivity contribution in [2.75, 3.05) is 0 Å². The van der Waals surface area contributed by atoms with E-state index in [4.69, 9.17) is 9.52 Å². The third-order valence-corrected chi connectivity index (χ3v) is 2.80. The Bertz CT molecular complexity index is 604. The highest BCUT2D eigenvalue weighted by atomic mass is 19.2. The van der Waals surface area contributed by atoms with Crippen LogP contribution in [0.1, 0.15) is 25.0 Å². The molecule has 2 rings (SSSR count). The van der Waals surface area contributed by atoms with E-state index in [1.165, 1.54) is 6.07 Å². The number of hydrogen-bond acceptors (Lipinski definition) is 2. The second kappa shape index (κ2) is 5.22. The lowest BCUT2D eigenvalue weighted by Gasteiger charge is -2.04. The van der Waals surface area contributed by atoms with Crippen molar-refractivity contribution >= 4 is 5.97 Å². The molecule has 0 bridgehead atoms. The van der Waals surface area contributed by atoms with Crippen molar-refractivity contribution in [3.63, 3.8) is 0 Å². The Hall–Kier alpha value is -2.17. The van der Waals surface area contributed by atoms with Crippen molar-refractivity contribution in [2.45, 2.75) is 19.3 Å². The Morgan fingerprint density at radius 2 is 2.00 bits per heavy atom. The lowest BCUT2D eigenvalue weighted by atomic mass is 10.1. The monoisotopic (exact) mass is 266 g/mol. The van der Waals surface area contributed by atoms with Crippen LogP contribution in [0.25, 0.3) is 11.3 Å². The summed E-state index contributed by atoms with van der Waals surface area (Å²) in [6, 6.07) is 6.72. The van der Waals surface area contributed by atoms with Gasteiger partial charge in [0.05, 0.1) is 6.42 Å². The van der Waals surface area contributed by atoms with Gasteiger partial charge in [-0.1, -0.05) is 6.92 Å². The van der Waals surface area contributed by atoms with Crippen LogP contribution in [-0.4, -0.2) is 11.1 Å². The molecular weight excluding hydrogens is 254 g/mol. The van der Waals surface area contributed by atoms with Crippen LogP contribution in [-0.2, 0) is 4.79 Å². The Balaban J connectivity index is 2.25. The topological polar surface area (TPSA) is 50.4 Å². The van der Waals surface area contributed by atoms with Crippen LogP contribution >= 0.6 is 0 Å². The number of hydrogen-bond donors (Lipinski definition) is 1. The van der Waals surface area contributed by atoms with Crippen molar-refractivity contribution in [3.8, 4) is 11.3 Å². The van der Waals surface area contributed by atoms with E-state index in [9.17, 15) is 13.6 Å². The van der Waals surface area contributed by atoms with Gasteiger partial charge in [0.1, 0.15) is 11.5 Å². The summed E-state index contributed by atoms with van der Waals surface area (Å²) in [4.78, 5) is 10.6. The van der Waals surface area contributed by atoms with Crippen molar-refractivity contribution in [2.24, 2.45) is 0 Å². The van der Waals surface area contributed by atoms with Crippen molar-refractivity contribution < 1.29 is 23.1 Å². The van der Waals surface area contributed by atoms with E-state index in [2.05, 4.69) is 0 Å². The summed E-state index contributed by atoms with van der Waals surface area (Å²) in [5.41, 5.74) is 0.410. The molecule has 1 aromatic carbocycles. The zero-order valence-electron chi connectivity index (χ0n) is 10.2. The van der Waals surface area contributed by atoms with E-state index in [0.29, 0.717) is 17.1 Å². The molecule has 3 nitrogen and oxygen atoms in total. The number of carboxylic acids is 1. The second-order valence-corrected chi connectivity index (χ2v) is 4.33. The summed E-state index contributed by atoms with van der Waals surface area (Å²) in [7, 11) is 0. The molecule has 1 atom stereocenters. The van der Waals surface area contributed by atoms with Gasteiger partial charge in [-0.2, -0.15) is 0 Å². The number of carboxylic acid groups (broad SMARTS) is 1. The molecule has 0 aliphatic carbocycles. The van der Waals surface area contributed by atoms with E-state index >= 15 is 0 Å². The van der Waals surface area contributed by atoms with Crippen LogP contribution in [0.5, 0.6) is 0 Å². The first-order valence-corrected chi connectivity index (χ1v) is 5.74. The number of benzene rings is 1. The molecule has 1 N–H and O–H groups in total. The van der Waals surface area contributed by atoms with Crippen LogP contribution in [0.4, 0.5) is 8.78 Å². The van der Waals surface area contributed by atoms with E-state index < -0.39 is 17.6 Å². The van der Waals surface area contributed by atoms with Gasteiger partial charge in [0.15, 0.2) is 11.6 Å². The van der Waals surface area contributed by atoms with Gasteiger partial charge >= 0.3 is 5.97 Å². The maximum atomic E-state index is 13.1. The fraction of sp³-hybridized carbons (Fsp3) is 0.214. The van der Waals surface area contributed by atoms with Gasteiger partial charge in [-0.25, -0.2) is 8.78 Å². The molecule has 0 amide bonds. The third kappa shape index (κ3) is 2.99. The number of aliphatic carboxylic acids is 1. The van der Waals surface area contributed by atoms with E-state index in [1.54, 1.807) is 19.1 Å². The Morgan fingerprint density at radius 1 is 1.26 bits per heavy atom. The first kappa shape index (κ1) is 13.3. The Labute approximate surface area is 108 Å². The van der Waals surface area contributed by atoms with Gasteiger partial charge < -0.3 is 9.52 Å². The summed E-state index contributed by atoms with van der Waals surface area (Å²) in [5.74, 6) is -2.19. The van der Waals surface area contributed by atoms with Crippen molar-refractivity contribution in [1.82, 2.24) is 0 Å². The predicted molar refractivity (Wildman–Crippen MR) is 64.7 cm³/mol. The first-order valence-electron chi connectivity index (χ1n) is 5.74. The molecule has 0 saturated heterocycles. The highest BCUT2D eigenvalue weighted by molar-refractivity contribution is 5.68. The van der Waals surface area contributed by atoms with E-state index in [1.807, 2.05) is 0 Å². The number of carbonyl (C=O) groups is 1. The zero-order chi connectivity index (χ0) is 14.0. The highest BCUT2D eigenvalue weighted by Gasteiger charge is 2.15. The third-order valence-electron chi connectivity index (χ3n) is 2.80. The summed E-state index contributed by atoms with van der Waals surface area (Å²) in [6.07, 6.45) is -0.0509. The normalized spacial score (nSPS) is 12.4. The van der Waals surface area contributed by atoms with Crippen molar-refractivity contribution in [3.05, 3.63) is 47.7 Å². The minimum atomic E-state index is -0.950. The quantitative estimate of drug-likeness (QED) is 0.915. The van der Waals surface area contributed by atoms with Crippen LogP contribution < -0.4 is 0 Å². The molecule has 0 aliphatic heterocycles. The van der Waals surface area contributed by atoms with Gasteiger partial charge in [0.2, 0.25) is 0 Å². The molecule has 19 heavy (non-hydrogen) atoms. The largest absolute Gasteiger partial charge is 0.481 e. The summed E-state index contributed by atoms with van der Waals surface area (Å²) >= 11 is 0. The number of furan rings is 1. The maximum Gasteiger partial charge on any atom is 0.304 e. The molecule has 1 unspecified atom stereocenters. The van der Waals surface area contributed by atoms with Gasteiger partial charge in [0.25, 0.3) is 0 Å². The van der Waals surface area contributed by atoms with Crippen LogP contribution in [0.15, 0.2) is 34.7 Å². The van der Waals surface area contributed by atoms with Crippen LogP contribution in [0, 0.1) is 11.6 Å².